The fourth-order valence-corrected chi connectivity index (χ4v) is 3.18. The van der Waals surface area contributed by atoms with Crippen LogP contribution < -0.4 is 10.1 Å². The van der Waals surface area contributed by atoms with Crippen LogP contribution in [0.5, 0.6) is 5.75 Å². The number of methoxy groups -OCH3 is 1. The third-order valence-electron chi connectivity index (χ3n) is 4.49. The summed E-state index contributed by atoms with van der Waals surface area (Å²) in [5.41, 5.74) is 2.53. The van der Waals surface area contributed by atoms with Crippen LogP contribution in [0.25, 0.3) is 0 Å². The monoisotopic (exact) mass is 318 g/mol. The van der Waals surface area contributed by atoms with E-state index in [2.05, 4.69) is 44.3 Å². The predicted octanol–water partition coefficient (Wildman–Crippen LogP) is 2.82. The van der Waals surface area contributed by atoms with Crippen molar-refractivity contribution in [3.8, 4) is 5.75 Å². The summed E-state index contributed by atoms with van der Waals surface area (Å²) in [6.45, 7) is 10.0. The van der Waals surface area contributed by atoms with Crippen molar-refractivity contribution in [2.45, 2.75) is 39.5 Å². The van der Waals surface area contributed by atoms with Crippen molar-refractivity contribution < 1.29 is 9.53 Å². The lowest BCUT2D eigenvalue weighted by Crippen LogP contribution is -2.46. The van der Waals surface area contributed by atoms with Gasteiger partial charge in [-0.25, -0.2) is 0 Å². The summed E-state index contributed by atoms with van der Waals surface area (Å²) in [5, 5.41) is 3.28. The van der Waals surface area contributed by atoms with Crippen molar-refractivity contribution in [2.24, 2.45) is 5.92 Å². The topological polar surface area (TPSA) is 41.6 Å². The minimum Gasteiger partial charge on any atom is -0.496 e. The van der Waals surface area contributed by atoms with E-state index in [4.69, 9.17) is 4.74 Å². The van der Waals surface area contributed by atoms with Gasteiger partial charge in [0.1, 0.15) is 5.75 Å². The molecule has 1 N–H and O–H groups in total. The molecule has 4 heteroatoms. The normalized spacial score (nSPS) is 16.5. The molecule has 0 spiro atoms. The molecule has 2 rings (SSSR count). The van der Waals surface area contributed by atoms with Gasteiger partial charge in [0.25, 0.3) is 0 Å². The first-order valence-corrected chi connectivity index (χ1v) is 8.66. The zero-order valence-corrected chi connectivity index (χ0v) is 14.9. The predicted molar refractivity (Wildman–Crippen MR) is 94.0 cm³/mol. The van der Waals surface area contributed by atoms with Gasteiger partial charge in [-0.1, -0.05) is 32.9 Å². The molecular formula is C19H30N2O2. The van der Waals surface area contributed by atoms with Gasteiger partial charge in [-0.2, -0.15) is 0 Å². The fourth-order valence-electron chi connectivity index (χ4n) is 3.18. The maximum atomic E-state index is 12.4. The molecule has 1 aliphatic heterocycles. The Morgan fingerprint density at radius 3 is 2.57 bits per heavy atom. The van der Waals surface area contributed by atoms with E-state index in [-0.39, 0.29) is 5.91 Å². The number of hydrogen-bond donors (Lipinski definition) is 1. The molecule has 4 nitrogen and oxygen atoms in total. The molecule has 1 aromatic rings. The summed E-state index contributed by atoms with van der Waals surface area (Å²) in [7, 11) is 1.72. The van der Waals surface area contributed by atoms with Gasteiger partial charge in [-0.3, -0.25) is 4.79 Å². The fraction of sp³-hybridized carbons (Fsp3) is 0.632. The summed E-state index contributed by atoms with van der Waals surface area (Å²) in [6, 6.07) is 6.40. The number of amides is 1. The number of nitrogens with one attached hydrogen (secondary N) is 1. The van der Waals surface area contributed by atoms with E-state index in [0.717, 1.165) is 38.3 Å². The van der Waals surface area contributed by atoms with Crippen LogP contribution in [0.3, 0.4) is 0 Å². The summed E-state index contributed by atoms with van der Waals surface area (Å²) in [6.07, 6.45) is 1.56. The van der Waals surface area contributed by atoms with Gasteiger partial charge < -0.3 is 15.0 Å². The van der Waals surface area contributed by atoms with Crippen LogP contribution >= 0.6 is 0 Å². The zero-order chi connectivity index (χ0) is 16.8. The van der Waals surface area contributed by atoms with Gasteiger partial charge in [-0.15, -0.1) is 0 Å². The lowest BCUT2D eigenvalue weighted by molar-refractivity contribution is -0.132. The Morgan fingerprint density at radius 1 is 1.26 bits per heavy atom. The minimum absolute atomic E-state index is 0.289. The molecule has 1 unspecified atom stereocenters. The highest BCUT2D eigenvalue weighted by Gasteiger charge is 2.19. The van der Waals surface area contributed by atoms with Crippen LogP contribution in [0.4, 0.5) is 0 Å². The van der Waals surface area contributed by atoms with Crippen molar-refractivity contribution in [3.05, 3.63) is 29.3 Å². The lowest BCUT2D eigenvalue weighted by Gasteiger charge is -2.28. The molecule has 1 saturated heterocycles. The van der Waals surface area contributed by atoms with Crippen molar-refractivity contribution in [1.29, 1.82) is 0 Å². The number of rotatable bonds is 6. The maximum Gasteiger partial charge on any atom is 0.222 e. The number of ether oxygens (including phenoxy) is 1. The van der Waals surface area contributed by atoms with Gasteiger partial charge in [0.2, 0.25) is 5.91 Å². The Morgan fingerprint density at radius 2 is 1.96 bits per heavy atom. The first-order chi connectivity index (χ1) is 11.0. The molecule has 0 bridgehead atoms. The number of piperazine rings is 1. The van der Waals surface area contributed by atoms with Crippen LogP contribution in [0.2, 0.25) is 0 Å². The minimum atomic E-state index is 0.289. The van der Waals surface area contributed by atoms with Crippen molar-refractivity contribution >= 4 is 5.91 Å². The van der Waals surface area contributed by atoms with Crippen LogP contribution in [0.1, 0.15) is 44.2 Å². The summed E-state index contributed by atoms with van der Waals surface area (Å²) >= 11 is 0. The highest BCUT2D eigenvalue weighted by Crippen LogP contribution is 2.28. The third-order valence-corrected chi connectivity index (χ3v) is 4.49. The Hall–Kier alpha value is -1.55. The first kappa shape index (κ1) is 17.8. The maximum absolute atomic E-state index is 12.4. The third kappa shape index (κ3) is 4.96. The highest BCUT2D eigenvalue weighted by atomic mass is 16.5. The molecule has 23 heavy (non-hydrogen) atoms. The largest absolute Gasteiger partial charge is 0.496 e. The second-order valence-corrected chi connectivity index (χ2v) is 6.88. The van der Waals surface area contributed by atoms with Crippen molar-refractivity contribution in [1.82, 2.24) is 10.2 Å². The van der Waals surface area contributed by atoms with Gasteiger partial charge in [0, 0.05) is 32.6 Å². The summed E-state index contributed by atoms with van der Waals surface area (Å²) in [5.74, 6) is 2.03. The van der Waals surface area contributed by atoms with Gasteiger partial charge in [0.05, 0.1) is 7.11 Å². The highest BCUT2D eigenvalue weighted by molar-refractivity contribution is 5.76. The number of nitrogens with zero attached hydrogens (tertiary/aromatic N) is 1. The Balaban J connectivity index is 1.95. The number of carbonyl (C=O) groups is 1. The smallest absolute Gasteiger partial charge is 0.222 e. The van der Waals surface area contributed by atoms with E-state index in [1.807, 2.05) is 4.90 Å². The van der Waals surface area contributed by atoms with Crippen LogP contribution in [0, 0.1) is 5.92 Å². The SMILES string of the molecule is COc1ccc(CC(C)CC(=O)N2CCNCC2)cc1C(C)C. The number of benzene rings is 1. The summed E-state index contributed by atoms with van der Waals surface area (Å²) < 4.78 is 5.44. The summed E-state index contributed by atoms with van der Waals surface area (Å²) in [4.78, 5) is 14.3. The average molecular weight is 318 g/mol. The molecule has 0 saturated carbocycles. The van der Waals surface area contributed by atoms with Crippen LogP contribution in [-0.2, 0) is 11.2 Å². The van der Waals surface area contributed by atoms with Crippen molar-refractivity contribution in [3.63, 3.8) is 0 Å². The molecule has 0 radical (unpaired) electrons. The Kier molecular flexibility index (Phi) is 6.46. The van der Waals surface area contributed by atoms with E-state index in [1.165, 1.54) is 11.1 Å². The molecule has 0 aromatic heterocycles. The standard InChI is InChI=1S/C19H30N2O2/c1-14(2)17-13-16(5-6-18(17)23-4)11-15(3)12-19(22)21-9-7-20-8-10-21/h5-6,13-15,20H,7-12H2,1-4H3. The molecule has 1 fully saturated rings. The molecule has 128 valence electrons. The molecular weight excluding hydrogens is 288 g/mol. The van der Waals surface area contributed by atoms with E-state index in [9.17, 15) is 4.79 Å². The molecule has 1 aromatic carbocycles. The van der Waals surface area contributed by atoms with E-state index in [1.54, 1.807) is 7.11 Å². The number of carbonyl (C=O) groups excluding carboxylic acids is 1. The molecule has 0 aliphatic carbocycles. The second-order valence-electron chi connectivity index (χ2n) is 6.88. The van der Waals surface area contributed by atoms with E-state index >= 15 is 0 Å². The van der Waals surface area contributed by atoms with E-state index in [0.29, 0.717) is 18.3 Å². The molecule has 1 amide bonds. The lowest BCUT2D eigenvalue weighted by atomic mass is 9.93. The van der Waals surface area contributed by atoms with Gasteiger partial charge in [0.15, 0.2) is 0 Å². The van der Waals surface area contributed by atoms with E-state index < -0.39 is 0 Å². The number of hydrogen-bond acceptors (Lipinski definition) is 3. The van der Waals surface area contributed by atoms with Gasteiger partial charge in [-0.05, 0) is 35.4 Å². The van der Waals surface area contributed by atoms with Crippen LogP contribution in [0.15, 0.2) is 18.2 Å². The Bertz CT molecular complexity index is 522. The van der Waals surface area contributed by atoms with Crippen molar-refractivity contribution in [2.75, 3.05) is 33.3 Å². The second kappa shape index (κ2) is 8.34. The first-order valence-electron chi connectivity index (χ1n) is 8.66. The Labute approximate surface area is 140 Å². The zero-order valence-electron chi connectivity index (χ0n) is 14.9. The van der Waals surface area contributed by atoms with Crippen LogP contribution in [-0.4, -0.2) is 44.1 Å². The molecule has 1 heterocycles. The quantitative estimate of drug-likeness (QED) is 0.877. The molecule has 1 atom stereocenters. The van der Waals surface area contributed by atoms with Gasteiger partial charge >= 0.3 is 0 Å². The average Bonchev–Trinajstić information content (AvgIpc) is 2.55. The molecule has 1 aliphatic rings.